The number of aryl methyl sites for hydroxylation is 1. The molecule has 0 fully saturated rings. The van der Waals surface area contributed by atoms with Crippen LogP contribution in [0.4, 0.5) is 0 Å². The standard InChI is InChI=1S/C16H18N2O3S2/c1-11-6-7-13(22-11)8-9-17-16(19)14-10-12-4-2-3-5-15(12)23(20,21)18-14/h2-7,14,18H,8-10H2,1H3,(H,17,19). The lowest BCUT2D eigenvalue weighted by Gasteiger charge is -2.25. The molecular formula is C16H18N2O3S2. The zero-order valence-electron chi connectivity index (χ0n) is 12.7. The molecule has 1 aliphatic rings. The Hall–Kier alpha value is -1.70. The van der Waals surface area contributed by atoms with Crippen LogP contribution in [0.2, 0.25) is 0 Å². The van der Waals surface area contributed by atoms with E-state index in [-0.39, 0.29) is 10.8 Å². The second kappa shape index (κ2) is 6.43. The van der Waals surface area contributed by atoms with Crippen molar-refractivity contribution < 1.29 is 13.2 Å². The van der Waals surface area contributed by atoms with Gasteiger partial charge in [-0.05, 0) is 43.5 Å². The zero-order chi connectivity index (χ0) is 16.4. The van der Waals surface area contributed by atoms with Crippen molar-refractivity contribution >= 4 is 27.3 Å². The highest BCUT2D eigenvalue weighted by molar-refractivity contribution is 7.89. The minimum atomic E-state index is -3.62. The van der Waals surface area contributed by atoms with E-state index in [9.17, 15) is 13.2 Å². The van der Waals surface area contributed by atoms with Crippen LogP contribution in [0.5, 0.6) is 0 Å². The van der Waals surface area contributed by atoms with E-state index < -0.39 is 16.1 Å². The highest BCUT2D eigenvalue weighted by Gasteiger charge is 2.32. The van der Waals surface area contributed by atoms with Crippen LogP contribution in [0, 0.1) is 6.92 Å². The Kier molecular flexibility index (Phi) is 4.52. The lowest BCUT2D eigenvalue weighted by Crippen LogP contribution is -2.50. The Balaban J connectivity index is 1.63. The van der Waals surface area contributed by atoms with Gasteiger partial charge in [0.15, 0.2) is 0 Å². The maximum absolute atomic E-state index is 12.3. The summed E-state index contributed by atoms with van der Waals surface area (Å²) >= 11 is 1.70. The maximum Gasteiger partial charge on any atom is 0.241 e. The number of thiophene rings is 1. The summed E-state index contributed by atoms with van der Waals surface area (Å²) < 4.78 is 26.9. The summed E-state index contributed by atoms with van der Waals surface area (Å²) in [6.07, 6.45) is 1.12. The van der Waals surface area contributed by atoms with Crippen molar-refractivity contribution in [1.29, 1.82) is 0 Å². The maximum atomic E-state index is 12.3. The number of rotatable bonds is 4. The molecule has 1 atom stereocenters. The smallest absolute Gasteiger partial charge is 0.241 e. The lowest BCUT2D eigenvalue weighted by atomic mass is 10.1. The summed E-state index contributed by atoms with van der Waals surface area (Å²) in [5, 5.41) is 2.82. The van der Waals surface area contributed by atoms with Crippen molar-refractivity contribution in [1.82, 2.24) is 10.0 Å². The first kappa shape index (κ1) is 16.2. The van der Waals surface area contributed by atoms with Crippen molar-refractivity contribution in [3.05, 3.63) is 51.7 Å². The highest BCUT2D eigenvalue weighted by atomic mass is 32.2. The number of hydrogen-bond donors (Lipinski definition) is 2. The molecule has 1 aromatic heterocycles. The molecule has 1 amide bonds. The molecule has 1 unspecified atom stereocenters. The van der Waals surface area contributed by atoms with E-state index in [0.29, 0.717) is 18.5 Å². The molecule has 2 N–H and O–H groups in total. The van der Waals surface area contributed by atoms with E-state index in [1.807, 2.05) is 19.1 Å². The predicted octanol–water partition coefficient (Wildman–Crippen LogP) is 1.62. The molecule has 2 heterocycles. The van der Waals surface area contributed by atoms with Gasteiger partial charge in [0.05, 0.1) is 4.90 Å². The Morgan fingerprint density at radius 1 is 1.30 bits per heavy atom. The number of amides is 1. The molecule has 0 aliphatic carbocycles. The van der Waals surface area contributed by atoms with Gasteiger partial charge in [-0.15, -0.1) is 11.3 Å². The second-order valence-corrected chi connectivity index (χ2v) is 8.59. The number of hydrogen-bond acceptors (Lipinski definition) is 4. The van der Waals surface area contributed by atoms with Crippen molar-refractivity contribution in [2.75, 3.05) is 6.54 Å². The normalized spacial score (nSPS) is 19.1. The van der Waals surface area contributed by atoms with Crippen LogP contribution < -0.4 is 10.0 Å². The Bertz CT molecular complexity index is 827. The molecule has 122 valence electrons. The minimum Gasteiger partial charge on any atom is -0.354 e. The van der Waals surface area contributed by atoms with Crippen molar-refractivity contribution in [2.45, 2.75) is 30.7 Å². The molecule has 0 bridgehead atoms. The van der Waals surface area contributed by atoms with Crippen LogP contribution in [0.15, 0.2) is 41.3 Å². The monoisotopic (exact) mass is 350 g/mol. The molecule has 7 heteroatoms. The fourth-order valence-corrected chi connectivity index (χ4v) is 4.98. The van der Waals surface area contributed by atoms with Gasteiger partial charge in [-0.3, -0.25) is 4.79 Å². The number of nitrogens with one attached hydrogen (secondary N) is 2. The summed E-state index contributed by atoms with van der Waals surface area (Å²) in [5.41, 5.74) is 0.681. The van der Waals surface area contributed by atoms with Gasteiger partial charge >= 0.3 is 0 Å². The molecule has 0 radical (unpaired) electrons. The fraction of sp³-hybridized carbons (Fsp3) is 0.312. The fourth-order valence-electron chi connectivity index (χ4n) is 2.64. The minimum absolute atomic E-state index is 0.262. The van der Waals surface area contributed by atoms with Gasteiger partial charge in [-0.1, -0.05) is 18.2 Å². The Labute approximate surface area is 139 Å². The molecule has 0 spiro atoms. The third-order valence-electron chi connectivity index (χ3n) is 3.77. The van der Waals surface area contributed by atoms with Crippen molar-refractivity contribution in [3.8, 4) is 0 Å². The summed E-state index contributed by atoms with van der Waals surface area (Å²) in [5.74, 6) is -0.281. The summed E-state index contributed by atoms with van der Waals surface area (Å²) in [4.78, 5) is 15.0. The molecule has 1 aliphatic heterocycles. The number of sulfonamides is 1. The van der Waals surface area contributed by atoms with Gasteiger partial charge in [0.25, 0.3) is 0 Å². The van der Waals surface area contributed by atoms with E-state index >= 15 is 0 Å². The van der Waals surface area contributed by atoms with Gasteiger partial charge < -0.3 is 5.32 Å². The Morgan fingerprint density at radius 2 is 2.09 bits per heavy atom. The molecule has 23 heavy (non-hydrogen) atoms. The topological polar surface area (TPSA) is 75.3 Å². The summed E-state index contributed by atoms with van der Waals surface area (Å²) in [6, 6.07) is 10.1. The average molecular weight is 350 g/mol. The SMILES string of the molecule is Cc1ccc(CCNC(=O)C2Cc3ccccc3S(=O)(=O)N2)s1. The van der Waals surface area contributed by atoms with Crippen LogP contribution in [0.1, 0.15) is 15.3 Å². The Morgan fingerprint density at radius 3 is 2.83 bits per heavy atom. The third kappa shape index (κ3) is 3.63. The first-order valence-corrected chi connectivity index (χ1v) is 9.69. The molecule has 1 aromatic carbocycles. The zero-order valence-corrected chi connectivity index (χ0v) is 14.3. The first-order chi connectivity index (χ1) is 11.0. The summed E-state index contributed by atoms with van der Waals surface area (Å²) in [6.45, 7) is 2.54. The molecule has 5 nitrogen and oxygen atoms in total. The van der Waals surface area contributed by atoms with Gasteiger partial charge in [-0.25, -0.2) is 8.42 Å². The van der Waals surface area contributed by atoms with Crippen LogP contribution in [0.25, 0.3) is 0 Å². The van der Waals surface area contributed by atoms with Crippen LogP contribution in [0.3, 0.4) is 0 Å². The lowest BCUT2D eigenvalue weighted by molar-refractivity contribution is -0.122. The van der Waals surface area contributed by atoms with Crippen LogP contribution in [-0.4, -0.2) is 26.9 Å². The number of carbonyl (C=O) groups excluding carboxylic acids is 1. The predicted molar refractivity (Wildman–Crippen MR) is 90.0 cm³/mol. The third-order valence-corrected chi connectivity index (χ3v) is 6.40. The average Bonchev–Trinajstić information content (AvgIpc) is 2.92. The molecule has 0 saturated carbocycles. The van der Waals surface area contributed by atoms with E-state index in [4.69, 9.17) is 0 Å². The summed E-state index contributed by atoms with van der Waals surface area (Å²) in [7, 11) is -3.62. The quantitative estimate of drug-likeness (QED) is 0.880. The van der Waals surface area contributed by atoms with Crippen molar-refractivity contribution in [3.63, 3.8) is 0 Å². The number of benzene rings is 1. The van der Waals surface area contributed by atoms with Gasteiger partial charge in [-0.2, -0.15) is 4.72 Å². The van der Waals surface area contributed by atoms with E-state index in [2.05, 4.69) is 10.0 Å². The molecule has 3 rings (SSSR count). The van der Waals surface area contributed by atoms with Crippen LogP contribution >= 0.6 is 11.3 Å². The van der Waals surface area contributed by atoms with Gasteiger partial charge in [0, 0.05) is 16.3 Å². The first-order valence-electron chi connectivity index (χ1n) is 7.39. The van der Waals surface area contributed by atoms with E-state index in [1.54, 1.807) is 35.6 Å². The highest BCUT2D eigenvalue weighted by Crippen LogP contribution is 2.22. The largest absolute Gasteiger partial charge is 0.354 e. The van der Waals surface area contributed by atoms with Gasteiger partial charge in [0.1, 0.15) is 6.04 Å². The second-order valence-electron chi connectivity index (χ2n) is 5.54. The van der Waals surface area contributed by atoms with Crippen LogP contribution in [-0.2, 0) is 27.7 Å². The van der Waals surface area contributed by atoms with Gasteiger partial charge in [0.2, 0.25) is 15.9 Å². The van der Waals surface area contributed by atoms with E-state index in [1.165, 1.54) is 9.75 Å². The number of carbonyl (C=O) groups is 1. The number of fused-ring (bicyclic) bond motifs is 1. The molecular weight excluding hydrogens is 332 g/mol. The van der Waals surface area contributed by atoms with E-state index in [0.717, 1.165) is 6.42 Å². The molecule has 0 saturated heterocycles. The molecule has 2 aromatic rings. The van der Waals surface area contributed by atoms with Crippen molar-refractivity contribution in [2.24, 2.45) is 0 Å².